The standard InChI is InChI=1S/C18H25BN2O3/c1-17(2)18(3,4)24-19(23-17)14-9-7-8-13-12-21(20-16(13)14)15-10-5-6-11-22-15/h7-9,12,15H,5-6,10-11H2,1-4H3. The zero-order valence-corrected chi connectivity index (χ0v) is 14.9. The van der Waals surface area contributed by atoms with E-state index in [9.17, 15) is 0 Å². The van der Waals surface area contributed by atoms with Gasteiger partial charge in [0.2, 0.25) is 0 Å². The van der Waals surface area contributed by atoms with Crippen LogP contribution in [0.25, 0.3) is 10.9 Å². The molecule has 1 aromatic carbocycles. The van der Waals surface area contributed by atoms with Gasteiger partial charge in [-0.2, -0.15) is 5.10 Å². The first-order valence-electron chi connectivity index (χ1n) is 8.82. The van der Waals surface area contributed by atoms with Gasteiger partial charge in [0, 0.05) is 23.7 Å². The van der Waals surface area contributed by atoms with Crippen molar-refractivity contribution in [1.82, 2.24) is 9.78 Å². The van der Waals surface area contributed by atoms with Crippen LogP contribution in [0.3, 0.4) is 0 Å². The third kappa shape index (κ3) is 2.57. The largest absolute Gasteiger partial charge is 0.497 e. The van der Waals surface area contributed by atoms with Crippen molar-refractivity contribution in [3.8, 4) is 0 Å². The SMILES string of the molecule is CC1(C)OB(c2cccc3cn(C4CCCCO4)nc23)OC1(C)C. The fourth-order valence-electron chi connectivity index (χ4n) is 3.33. The number of hydrogen-bond donors (Lipinski definition) is 0. The van der Waals surface area contributed by atoms with Crippen LogP contribution < -0.4 is 5.46 Å². The average Bonchev–Trinajstić information content (AvgIpc) is 3.06. The molecule has 0 aliphatic carbocycles. The molecule has 6 heteroatoms. The second-order valence-electron chi connectivity index (χ2n) is 7.80. The van der Waals surface area contributed by atoms with Crippen molar-refractivity contribution in [2.75, 3.05) is 6.61 Å². The molecule has 0 saturated carbocycles. The van der Waals surface area contributed by atoms with E-state index < -0.39 is 7.12 Å². The Morgan fingerprint density at radius 3 is 2.54 bits per heavy atom. The molecule has 2 aromatic rings. The highest BCUT2D eigenvalue weighted by Crippen LogP contribution is 2.37. The molecule has 5 nitrogen and oxygen atoms in total. The maximum Gasteiger partial charge on any atom is 0.497 e. The molecule has 1 atom stereocenters. The molecule has 0 amide bonds. The molecule has 0 bridgehead atoms. The summed E-state index contributed by atoms with van der Waals surface area (Å²) >= 11 is 0. The number of nitrogens with zero attached hydrogens (tertiary/aromatic N) is 2. The van der Waals surface area contributed by atoms with Gasteiger partial charge in [-0.15, -0.1) is 0 Å². The number of rotatable bonds is 2. The monoisotopic (exact) mass is 328 g/mol. The van der Waals surface area contributed by atoms with E-state index in [2.05, 4.69) is 40.0 Å². The van der Waals surface area contributed by atoms with Gasteiger partial charge in [-0.1, -0.05) is 18.2 Å². The van der Waals surface area contributed by atoms with Crippen molar-refractivity contribution < 1.29 is 14.0 Å². The Hall–Kier alpha value is -1.37. The molecule has 2 saturated heterocycles. The summed E-state index contributed by atoms with van der Waals surface area (Å²) in [4.78, 5) is 0. The van der Waals surface area contributed by atoms with E-state index in [1.54, 1.807) is 0 Å². The molecular weight excluding hydrogens is 303 g/mol. The lowest BCUT2D eigenvalue weighted by Gasteiger charge is -2.32. The van der Waals surface area contributed by atoms with Gasteiger partial charge in [0.25, 0.3) is 0 Å². The number of fused-ring (bicyclic) bond motifs is 1. The van der Waals surface area contributed by atoms with Crippen LogP contribution in [0.4, 0.5) is 0 Å². The Kier molecular flexibility index (Phi) is 3.75. The Balaban J connectivity index is 1.70. The summed E-state index contributed by atoms with van der Waals surface area (Å²) in [5.74, 6) is 0. The second-order valence-corrected chi connectivity index (χ2v) is 7.80. The summed E-state index contributed by atoms with van der Waals surface area (Å²) in [5, 5.41) is 5.90. The lowest BCUT2D eigenvalue weighted by Crippen LogP contribution is -2.41. The minimum atomic E-state index is -0.394. The first kappa shape index (κ1) is 16.1. The van der Waals surface area contributed by atoms with E-state index in [1.807, 2.05) is 16.8 Å². The summed E-state index contributed by atoms with van der Waals surface area (Å²) in [5.41, 5.74) is 1.22. The molecule has 128 valence electrons. The third-order valence-corrected chi connectivity index (χ3v) is 5.54. The zero-order valence-electron chi connectivity index (χ0n) is 14.9. The Labute approximate surface area is 143 Å². The molecule has 3 heterocycles. The van der Waals surface area contributed by atoms with Crippen LogP contribution in [0.2, 0.25) is 0 Å². The first-order valence-corrected chi connectivity index (χ1v) is 8.82. The van der Waals surface area contributed by atoms with Crippen molar-refractivity contribution in [2.24, 2.45) is 0 Å². The molecule has 0 radical (unpaired) electrons. The second kappa shape index (κ2) is 5.58. The van der Waals surface area contributed by atoms with E-state index >= 15 is 0 Å². The predicted octanol–water partition coefficient (Wildman–Crippen LogP) is 3.03. The zero-order chi connectivity index (χ0) is 16.9. The lowest BCUT2D eigenvalue weighted by molar-refractivity contribution is -0.0390. The van der Waals surface area contributed by atoms with Gasteiger partial charge < -0.3 is 14.0 Å². The summed E-state index contributed by atoms with van der Waals surface area (Å²) in [7, 11) is -0.394. The Morgan fingerprint density at radius 2 is 1.88 bits per heavy atom. The molecule has 4 rings (SSSR count). The smallest absolute Gasteiger partial charge is 0.399 e. The topological polar surface area (TPSA) is 45.5 Å². The highest BCUT2D eigenvalue weighted by molar-refractivity contribution is 6.64. The van der Waals surface area contributed by atoms with Crippen molar-refractivity contribution in [3.63, 3.8) is 0 Å². The van der Waals surface area contributed by atoms with Crippen molar-refractivity contribution >= 4 is 23.5 Å². The Morgan fingerprint density at radius 1 is 1.12 bits per heavy atom. The summed E-state index contributed by atoms with van der Waals surface area (Å²) < 4.78 is 20.2. The summed E-state index contributed by atoms with van der Waals surface area (Å²) in [6.45, 7) is 9.09. The van der Waals surface area contributed by atoms with E-state index in [0.717, 1.165) is 35.8 Å². The lowest BCUT2D eigenvalue weighted by atomic mass is 9.78. The average molecular weight is 328 g/mol. The van der Waals surface area contributed by atoms with Crippen LogP contribution in [0.15, 0.2) is 24.4 Å². The molecule has 2 aliphatic heterocycles. The minimum absolute atomic E-state index is 0.0392. The molecule has 24 heavy (non-hydrogen) atoms. The quantitative estimate of drug-likeness (QED) is 0.795. The number of hydrogen-bond acceptors (Lipinski definition) is 4. The third-order valence-electron chi connectivity index (χ3n) is 5.54. The highest BCUT2D eigenvalue weighted by atomic mass is 16.7. The van der Waals surface area contributed by atoms with Crippen LogP contribution >= 0.6 is 0 Å². The van der Waals surface area contributed by atoms with Gasteiger partial charge in [-0.25, -0.2) is 4.68 Å². The maximum absolute atomic E-state index is 6.21. The van der Waals surface area contributed by atoms with Crippen LogP contribution in [0.1, 0.15) is 53.2 Å². The number of benzene rings is 1. The van der Waals surface area contributed by atoms with Crippen molar-refractivity contribution in [2.45, 2.75) is 64.4 Å². The van der Waals surface area contributed by atoms with Crippen LogP contribution in [-0.2, 0) is 14.0 Å². The Bertz CT molecular complexity index is 734. The van der Waals surface area contributed by atoms with E-state index in [-0.39, 0.29) is 17.4 Å². The van der Waals surface area contributed by atoms with Crippen molar-refractivity contribution in [1.29, 1.82) is 0 Å². The van der Waals surface area contributed by atoms with Gasteiger partial charge >= 0.3 is 7.12 Å². The van der Waals surface area contributed by atoms with Crippen LogP contribution in [0, 0.1) is 0 Å². The number of ether oxygens (including phenoxy) is 1. The summed E-state index contributed by atoms with van der Waals surface area (Å²) in [6, 6.07) is 6.16. The molecule has 1 aromatic heterocycles. The number of aromatic nitrogens is 2. The first-order chi connectivity index (χ1) is 11.4. The van der Waals surface area contributed by atoms with Gasteiger partial charge in [-0.3, -0.25) is 0 Å². The van der Waals surface area contributed by atoms with Crippen LogP contribution in [0.5, 0.6) is 0 Å². The molecule has 2 aliphatic rings. The van der Waals surface area contributed by atoms with Gasteiger partial charge in [-0.05, 0) is 47.0 Å². The fraction of sp³-hybridized carbons (Fsp3) is 0.611. The fourth-order valence-corrected chi connectivity index (χ4v) is 3.33. The van der Waals surface area contributed by atoms with Gasteiger partial charge in [0.1, 0.15) is 6.23 Å². The minimum Gasteiger partial charge on any atom is -0.399 e. The van der Waals surface area contributed by atoms with Crippen LogP contribution in [-0.4, -0.2) is 34.7 Å². The van der Waals surface area contributed by atoms with Crippen molar-refractivity contribution in [3.05, 3.63) is 24.4 Å². The van der Waals surface area contributed by atoms with Gasteiger partial charge in [0.05, 0.1) is 16.7 Å². The van der Waals surface area contributed by atoms with E-state index in [1.165, 1.54) is 6.42 Å². The summed E-state index contributed by atoms with van der Waals surface area (Å²) in [6.07, 6.45) is 5.44. The maximum atomic E-state index is 6.21. The normalized spacial score (nSPS) is 26.2. The molecule has 0 spiro atoms. The van der Waals surface area contributed by atoms with E-state index in [4.69, 9.17) is 19.1 Å². The predicted molar refractivity (Wildman–Crippen MR) is 94.3 cm³/mol. The molecule has 1 unspecified atom stereocenters. The van der Waals surface area contributed by atoms with Gasteiger partial charge in [0.15, 0.2) is 0 Å². The highest BCUT2D eigenvalue weighted by Gasteiger charge is 2.52. The molecule has 0 N–H and O–H groups in total. The van der Waals surface area contributed by atoms with E-state index in [0.29, 0.717) is 0 Å². The molecule has 2 fully saturated rings. The molecular formula is C18H25BN2O3.